The molecule has 1 saturated heterocycles. The fraction of sp³-hybridized carbons (Fsp3) is 0.538. The first-order valence-electron chi connectivity index (χ1n) is 6.47. The van der Waals surface area contributed by atoms with E-state index in [1.807, 2.05) is 11.9 Å². The third-order valence-corrected chi connectivity index (χ3v) is 4.95. The summed E-state index contributed by atoms with van der Waals surface area (Å²) in [5.74, 6) is -2.98. The molecule has 20 heavy (non-hydrogen) atoms. The van der Waals surface area contributed by atoms with Crippen LogP contribution in [0, 0.1) is 5.92 Å². The fourth-order valence-electron chi connectivity index (χ4n) is 2.56. The molecular weight excluding hydrogens is 286 g/mol. The maximum atomic E-state index is 12.7. The molecule has 2 rings (SSSR count). The lowest BCUT2D eigenvalue weighted by Gasteiger charge is -2.21. The van der Waals surface area contributed by atoms with Gasteiger partial charge in [0.2, 0.25) is 9.84 Å². The van der Waals surface area contributed by atoms with E-state index in [0.717, 1.165) is 13.0 Å². The lowest BCUT2D eigenvalue weighted by molar-refractivity contribution is 0.235. The number of benzene rings is 1. The Labute approximate surface area is 117 Å². The van der Waals surface area contributed by atoms with Crippen LogP contribution in [0.15, 0.2) is 29.2 Å². The Balaban J connectivity index is 2.30. The molecule has 1 aromatic rings. The van der Waals surface area contributed by atoms with E-state index in [1.54, 1.807) is 12.1 Å². The number of nitrogens with zero attached hydrogens (tertiary/aromatic N) is 1. The van der Waals surface area contributed by atoms with E-state index in [0.29, 0.717) is 24.7 Å². The summed E-state index contributed by atoms with van der Waals surface area (Å²) >= 11 is 0. The predicted octanol–water partition coefficient (Wildman–Crippen LogP) is 1.73. The zero-order chi connectivity index (χ0) is 14.8. The molecule has 1 aliphatic rings. The Morgan fingerprint density at radius 3 is 2.75 bits per heavy atom. The maximum Gasteiger partial charge on any atom is 0.341 e. The Morgan fingerprint density at radius 1 is 1.40 bits per heavy atom. The number of para-hydroxylation sites is 1. The number of anilines is 1. The summed E-state index contributed by atoms with van der Waals surface area (Å²) in [6, 6.07) is 5.99. The Hall–Kier alpha value is -1.21. The minimum atomic E-state index is -4.57. The predicted molar refractivity (Wildman–Crippen MR) is 73.9 cm³/mol. The van der Waals surface area contributed by atoms with Gasteiger partial charge >= 0.3 is 5.76 Å². The van der Waals surface area contributed by atoms with E-state index >= 15 is 0 Å². The zero-order valence-electron chi connectivity index (χ0n) is 11.2. The highest BCUT2D eigenvalue weighted by atomic mass is 32.2. The van der Waals surface area contributed by atoms with Gasteiger partial charge in [-0.1, -0.05) is 12.1 Å². The largest absolute Gasteiger partial charge is 0.370 e. The van der Waals surface area contributed by atoms with Gasteiger partial charge in [0.05, 0.1) is 10.6 Å². The van der Waals surface area contributed by atoms with Crippen LogP contribution in [0.1, 0.15) is 6.42 Å². The van der Waals surface area contributed by atoms with Crippen LogP contribution in [-0.2, 0) is 9.84 Å². The van der Waals surface area contributed by atoms with Crippen LogP contribution in [0.25, 0.3) is 0 Å². The lowest BCUT2D eigenvalue weighted by atomic mass is 10.1. The highest BCUT2D eigenvalue weighted by Crippen LogP contribution is 2.32. The molecule has 7 heteroatoms. The molecule has 112 valence electrons. The normalized spacial score (nSPS) is 19.8. The molecule has 0 aliphatic carbocycles. The third-order valence-electron chi connectivity index (χ3n) is 3.53. The fourth-order valence-corrected chi connectivity index (χ4v) is 3.51. The second-order valence-corrected chi connectivity index (χ2v) is 6.82. The number of nitrogens with one attached hydrogen (secondary N) is 1. The number of hydrogen-bond acceptors (Lipinski definition) is 4. The molecular formula is C13H18F2N2O2S. The van der Waals surface area contributed by atoms with Crippen molar-refractivity contribution < 1.29 is 17.2 Å². The van der Waals surface area contributed by atoms with Crippen molar-refractivity contribution in [2.24, 2.45) is 5.92 Å². The quantitative estimate of drug-likeness (QED) is 0.900. The van der Waals surface area contributed by atoms with Crippen LogP contribution in [0.4, 0.5) is 14.5 Å². The molecule has 1 aromatic carbocycles. The molecule has 0 radical (unpaired) electrons. The summed E-state index contributed by atoms with van der Waals surface area (Å²) in [5, 5.41) is 3.08. The second-order valence-electron chi connectivity index (χ2n) is 4.93. The average molecular weight is 304 g/mol. The molecule has 1 atom stereocenters. The Bertz CT molecular complexity index is 563. The molecule has 0 spiro atoms. The number of alkyl halides is 2. The summed E-state index contributed by atoms with van der Waals surface area (Å²) < 4.78 is 48.9. The molecule has 0 aromatic heterocycles. The summed E-state index contributed by atoms with van der Waals surface area (Å²) in [4.78, 5) is 1.59. The maximum absolute atomic E-state index is 12.7. The lowest BCUT2D eigenvalue weighted by Crippen LogP contribution is -2.26. The van der Waals surface area contributed by atoms with Gasteiger partial charge in [-0.2, -0.15) is 8.78 Å². The van der Waals surface area contributed by atoms with Crippen molar-refractivity contribution in [3.63, 3.8) is 0 Å². The van der Waals surface area contributed by atoms with Crippen molar-refractivity contribution in [2.45, 2.75) is 17.1 Å². The minimum absolute atomic E-state index is 0.278. The third kappa shape index (κ3) is 2.93. The molecule has 1 aliphatic heterocycles. The standard InChI is InChI=1S/C13H18F2N2O2S/c1-16-8-10-6-7-17(9-10)11-4-2-3-5-12(11)20(18,19)13(14)15/h2-5,10,13,16H,6-9H2,1H3. The molecule has 0 amide bonds. The number of sulfone groups is 1. The number of hydrogen-bond donors (Lipinski definition) is 1. The molecule has 1 unspecified atom stereocenters. The molecule has 1 heterocycles. The van der Waals surface area contributed by atoms with Crippen molar-refractivity contribution in [3.05, 3.63) is 24.3 Å². The van der Waals surface area contributed by atoms with E-state index in [-0.39, 0.29) is 4.90 Å². The van der Waals surface area contributed by atoms with Gasteiger partial charge in [0, 0.05) is 13.1 Å². The topological polar surface area (TPSA) is 49.4 Å². The SMILES string of the molecule is CNCC1CCN(c2ccccc2S(=O)(=O)C(F)F)C1. The minimum Gasteiger partial charge on any atom is -0.370 e. The molecule has 1 fully saturated rings. The Kier molecular flexibility index (Phi) is 4.59. The molecule has 0 saturated carbocycles. The monoisotopic (exact) mass is 304 g/mol. The molecule has 1 N–H and O–H groups in total. The molecule has 4 nitrogen and oxygen atoms in total. The van der Waals surface area contributed by atoms with Gasteiger partial charge in [0.15, 0.2) is 0 Å². The van der Waals surface area contributed by atoms with Gasteiger partial charge in [-0.05, 0) is 38.1 Å². The summed E-state index contributed by atoms with van der Waals surface area (Å²) in [5.41, 5.74) is 0.381. The molecule has 0 bridgehead atoms. The van der Waals surface area contributed by atoms with Crippen molar-refractivity contribution in [2.75, 3.05) is 31.6 Å². The van der Waals surface area contributed by atoms with Crippen LogP contribution in [0.5, 0.6) is 0 Å². The van der Waals surface area contributed by atoms with Crippen LogP contribution in [0.3, 0.4) is 0 Å². The van der Waals surface area contributed by atoms with Gasteiger partial charge in [-0.25, -0.2) is 8.42 Å². The van der Waals surface area contributed by atoms with Crippen molar-refractivity contribution in [3.8, 4) is 0 Å². The van der Waals surface area contributed by atoms with E-state index in [4.69, 9.17) is 0 Å². The van der Waals surface area contributed by atoms with Crippen molar-refractivity contribution in [1.29, 1.82) is 0 Å². The first-order chi connectivity index (χ1) is 9.46. The summed E-state index contributed by atoms with van der Waals surface area (Å²) in [7, 11) is -2.71. The van der Waals surface area contributed by atoms with Crippen LogP contribution in [0.2, 0.25) is 0 Å². The summed E-state index contributed by atoms with van der Waals surface area (Å²) in [6.45, 7) is 2.19. The van der Waals surface area contributed by atoms with E-state index < -0.39 is 15.6 Å². The van der Waals surface area contributed by atoms with Crippen molar-refractivity contribution >= 4 is 15.5 Å². The second kappa shape index (κ2) is 6.05. The van der Waals surface area contributed by atoms with Crippen LogP contribution in [-0.4, -0.2) is 40.9 Å². The number of halogens is 2. The van der Waals surface area contributed by atoms with Gasteiger partial charge in [-0.3, -0.25) is 0 Å². The smallest absolute Gasteiger partial charge is 0.341 e. The number of rotatable bonds is 5. The average Bonchev–Trinajstić information content (AvgIpc) is 2.87. The van der Waals surface area contributed by atoms with E-state index in [9.17, 15) is 17.2 Å². The summed E-state index contributed by atoms with van der Waals surface area (Å²) in [6.07, 6.45) is 0.921. The van der Waals surface area contributed by atoms with E-state index in [1.165, 1.54) is 12.1 Å². The van der Waals surface area contributed by atoms with Gasteiger partial charge in [-0.15, -0.1) is 0 Å². The van der Waals surface area contributed by atoms with Crippen LogP contribution >= 0.6 is 0 Å². The van der Waals surface area contributed by atoms with Crippen LogP contribution < -0.4 is 10.2 Å². The Morgan fingerprint density at radius 2 is 2.10 bits per heavy atom. The van der Waals surface area contributed by atoms with Gasteiger partial charge in [0.1, 0.15) is 0 Å². The highest BCUT2D eigenvalue weighted by molar-refractivity contribution is 7.91. The van der Waals surface area contributed by atoms with Gasteiger partial charge < -0.3 is 10.2 Å². The highest BCUT2D eigenvalue weighted by Gasteiger charge is 2.32. The van der Waals surface area contributed by atoms with Crippen molar-refractivity contribution in [1.82, 2.24) is 5.32 Å². The van der Waals surface area contributed by atoms with E-state index in [2.05, 4.69) is 5.32 Å². The van der Waals surface area contributed by atoms with Gasteiger partial charge in [0.25, 0.3) is 0 Å². The zero-order valence-corrected chi connectivity index (χ0v) is 12.0. The first-order valence-corrected chi connectivity index (χ1v) is 8.02. The first kappa shape index (κ1) is 15.2.